The summed E-state index contributed by atoms with van der Waals surface area (Å²) in [5.74, 6) is 3.55. The van der Waals surface area contributed by atoms with Crippen LogP contribution in [0.3, 0.4) is 0 Å². The Morgan fingerprint density at radius 2 is 1.45 bits per heavy atom. The van der Waals surface area contributed by atoms with Crippen LogP contribution in [0.25, 0.3) is 0 Å². The van der Waals surface area contributed by atoms with E-state index < -0.39 is 6.23 Å². The Morgan fingerprint density at radius 1 is 0.788 bits per heavy atom. The Morgan fingerprint density at radius 3 is 2.18 bits per heavy atom. The van der Waals surface area contributed by atoms with Crippen LogP contribution < -0.4 is 23.7 Å². The van der Waals surface area contributed by atoms with Gasteiger partial charge in [0.05, 0.1) is 40.2 Å². The summed E-state index contributed by atoms with van der Waals surface area (Å²) in [6.45, 7) is 0. The highest BCUT2D eigenvalue weighted by Gasteiger charge is 2.41. The number of methoxy groups -OCH3 is 4. The predicted molar refractivity (Wildman–Crippen MR) is 125 cm³/mol. The molecule has 0 radical (unpaired) electrons. The summed E-state index contributed by atoms with van der Waals surface area (Å²) in [6.07, 6.45) is 0.349. The van der Waals surface area contributed by atoms with Gasteiger partial charge >= 0.3 is 0 Å². The minimum atomic E-state index is -0.401. The average Bonchev–Trinajstić information content (AvgIpc) is 3.33. The topological polar surface area (TPSA) is 61.8 Å². The molecule has 0 bridgehead atoms. The Hall–Kier alpha value is -3.87. The third-order valence-electron chi connectivity index (χ3n) is 6.11. The lowest BCUT2D eigenvalue weighted by molar-refractivity contribution is -0.0191. The first-order valence-electron chi connectivity index (χ1n) is 10.7. The van der Waals surface area contributed by atoms with Gasteiger partial charge in [-0.1, -0.05) is 18.2 Å². The van der Waals surface area contributed by atoms with E-state index >= 15 is 0 Å². The maximum atomic E-state index is 6.45. The van der Waals surface area contributed by atoms with Crippen molar-refractivity contribution in [1.82, 2.24) is 5.01 Å². The Balaban J connectivity index is 1.57. The fourth-order valence-electron chi connectivity index (χ4n) is 4.45. The predicted octanol–water partition coefficient (Wildman–Crippen LogP) is 4.96. The van der Waals surface area contributed by atoms with Crippen molar-refractivity contribution in [1.29, 1.82) is 0 Å². The maximum Gasteiger partial charge on any atom is 0.214 e. The highest BCUT2D eigenvalue weighted by molar-refractivity contribution is 6.02. The molecule has 0 fully saturated rings. The molecule has 7 heteroatoms. The third kappa shape index (κ3) is 3.59. The lowest BCUT2D eigenvalue weighted by Crippen LogP contribution is -2.33. The number of para-hydroxylation sites is 1. The Labute approximate surface area is 193 Å². The highest BCUT2D eigenvalue weighted by atomic mass is 16.5. The molecular formula is C26H26N2O5. The summed E-state index contributed by atoms with van der Waals surface area (Å²) in [4.78, 5) is 0. The van der Waals surface area contributed by atoms with E-state index in [1.807, 2.05) is 59.6 Å². The fourth-order valence-corrected chi connectivity index (χ4v) is 4.45. The monoisotopic (exact) mass is 446 g/mol. The van der Waals surface area contributed by atoms with Gasteiger partial charge < -0.3 is 23.7 Å². The van der Waals surface area contributed by atoms with Crippen molar-refractivity contribution >= 4 is 5.71 Å². The number of benzene rings is 3. The van der Waals surface area contributed by atoms with E-state index in [1.54, 1.807) is 28.4 Å². The average molecular weight is 447 g/mol. The van der Waals surface area contributed by atoms with E-state index in [0.717, 1.165) is 34.6 Å². The van der Waals surface area contributed by atoms with Crippen LogP contribution in [0.5, 0.6) is 28.7 Å². The first-order valence-corrected chi connectivity index (χ1v) is 10.7. The summed E-state index contributed by atoms with van der Waals surface area (Å²) >= 11 is 0. The van der Waals surface area contributed by atoms with Crippen molar-refractivity contribution < 1.29 is 23.7 Å². The molecule has 33 heavy (non-hydrogen) atoms. The number of hydrogen-bond donors (Lipinski definition) is 0. The van der Waals surface area contributed by atoms with Crippen molar-refractivity contribution in [3.05, 3.63) is 77.4 Å². The number of nitrogens with zero attached hydrogens (tertiary/aromatic N) is 2. The summed E-state index contributed by atoms with van der Waals surface area (Å²) < 4.78 is 28.3. The molecule has 0 spiro atoms. The lowest BCUT2D eigenvalue weighted by atomic mass is 9.95. The standard InChI is InChI=1S/C26H26N2O5/c1-29-22-11-9-16(13-24(22)31-3)19-15-20-18-7-5-6-8-21(18)33-26(28(20)27-19)17-10-12-23(30-2)25(14-17)32-4/h5-14,20,26H,15H2,1-4H3/t20-,26-/m0/s1. The van der Waals surface area contributed by atoms with Gasteiger partial charge in [0.25, 0.3) is 0 Å². The van der Waals surface area contributed by atoms with E-state index in [2.05, 4.69) is 6.07 Å². The SMILES string of the molecule is COc1ccc(C2=NN3[C@@H](C2)c2ccccc2O[C@H]3c2ccc(OC)c(OC)c2)cc1OC. The van der Waals surface area contributed by atoms with Crippen LogP contribution in [-0.4, -0.2) is 39.2 Å². The van der Waals surface area contributed by atoms with E-state index in [-0.39, 0.29) is 6.04 Å². The van der Waals surface area contributed by atoms with E-state index in [4.69, 9.17) is 28.8 Å². The van der Waals surface area contributed by atoms with Gasteiger partial charge in [-0.05, 0) is 42.5 Å². The molecule has 0 aliphatic carbocycles. The van der Waals surface area contributed by atoms with Crippen molar-refractivity contribution in [2.45, 2.75) is 18.7 Å². The molecule has 0 amide bonds. The molecule has 0 saturated carbocycles. The minimum Gasteiger partial charge on any atom is -0.493 e. The summed E-state index contributed by atoms with van der Waals surface area (Å²) in [5.41, 5.74) is 4.01. The molecule has 2 atom stereocenters. The molecule has 0 saturated heterocycles. The van der Waals surface area contributed by atoms with Crippen LogP contribution in [0, 0.1) is 0 Å². The zero-order valence-electron chi connectivity index (χ0n) is 19.1. The van der Waals surface area contributed by atoms with E-state index in [1.165, 1.54) is 0 Å². The second kappa shape index (κ2) is 8.58. The normalized spacial score (nSPS) is 18.5. The van der Waals surface area contributed by atoms with Crippen molar-refractivity contribution in [3.8, 4) is 28.7 Å². The molecule has 3 aromatic carbocycles. The van der Waals surface area contributed by atoms with Crippen molar-refractivity contribution in [3.63, 3.8) is 0 Å². The second-order valence-electron chi connectivity index (χ2n) is 7.84. The molecule has 2 aliphatic heterocycles. The van der Waals surface area contributed by atoms with Gasteiger partial charge in [-0.3, -0.25) is 0 Å². The maximum absolute atomic E-state index is 6.45. The molecule has 3 aromatic rings. The fraction of sp³-hybridized carbons (Fsp3) is 0.269. The van der Waals surface area contributed by atoms with Crippen LogP contribution in [0.4, 0.5) is 0 Å². The third-order valence-corrected chi connectivity index (χ3v) is 6.11. The van der Waals surface area contributed by atoms with E-state index in [9.17, 15) is 0 Å². The molecule has 0 aromatic heterocycles. The number of fused-ring (bicyclic) bond motifs is 3. The quantitative estimate of drug-likeness (QED) is 0.533. The van der Waals surface area contributed by atoms with Crippen molar-refractivity contribution in [2.24, 2.45) is 5.10 Å². The Kier molecular flexibility index (Phi) is 5.46. The van der Waals surface area contributed by atoms with Crippen LogP contribution in [0.1, 0.15) is 35.4 Å². The molecule has 2 aliphatic rings. The molecule has 0 unspecified atom stereocenters. The number of hydrogen-bond acceptors (Lipinski definition) is 7. The zero-order valence-corrected chi connectivity index (χ0v) is 19.1. The largest absolute Gasteiger partial charge is 0.493 e. The smallest absolute Gasteiger partial charge is 0.214 e. The van der Waals surface area contributed by atoms with Gasteiger partial charge in [-0.25, -0.2) is 5.01 Å². The van der Waals surface area contributed by atoms with E-state index in [0.29, 0.717) is 23.0 Å². The van der Waals surface area contributed by atoms with Crippen LogP contribution in [0.15, 0.2) is 65.8 Å². The molecule has 0 N–H and O–H groups in total. The van der Waals surface area contributed by atoms with Gasteiger partial charge in [0.1, 0.15) is 5.75 Å². The molecular weight excluding hydrogens is 420 g/mol. The van der Waals surface area contributed by atoms with Gasteiger partial charge in [-0.15, -0.1) is 0 Å². The number of ether oxygens (including phenoxy) is 5. The zero-order chi connectivity index (χ0) is 22.9. The molecule has 2 heterocycles. The second-order valence-corrected chi connectivity index (χ2v) is 7.84. The van der Waals surface area contributed by atoms with Gasteiger partial charge in [-0.2, -0.15) is 5.10 Å². The summed E-state index contributed by atoms with van der Waals surface area (Å²) in [6, 6.07) is 19.9. The van der Waals surface area contributed by atoms with Crippen LogP contribution >= 0.6 is 0 Å². The highest BCUT2D eigenvalue weighted by Crippen LogP contribution is 2.48. The molecule has 5 rings (SSSR count). The van der Waals surface area contributed by atoms with Gasteiger partial charge in [0, 0.05) is 23.1 Å². The molecule has 170 valence electrons. The first kappa shape index (κ1) is 21.0. The van der Waals surface area contributed by atoms with Gasteiger partial charge in [0.2, 0.25) is 6.23 Å². The molecule has 7 nitrogen and oxygen atoms in total. The summed E-state index contributed by atoms with van der Waals surface area (Å²) in [5, 5.41) is 7.06. The van der Waals surface area contributed by atoms with Gasteiger partial charge in [0.15, 0.2) is 23.0 Å². The first-order chi connectivity index (χ1) is 16.2. The lowest BCUT2D eigenvalue weighted by Gasteiger charge is -2.38. The summed E-state index contributed by atoms with van der Waals surface area (Å²) in [7, 11) is 6.52. The number of hydrazone groups is 1. The Bertz CT molecular complexity index is 1210. The number of rotatable bonds is 6. The van der Waals surface area contributed by atoms with Crippen LogP contribution in [-0.2, 0) is 0 Å². The van der Waals surface area contributed by atoms with Crippen molar-refractivity contribution in [2.75, 3.05) is 28.4 Å². The minimum absolute atomic E-state index is 0.0520. The van der Waals surface area contributed by atoms with Crippen LogP contribution in [0.2, 0.25) is 0 Å².